The number of methoxy groups -OCH3 is 1. The van der Waals surface area contributed by atoms with E-state index in [0.29, 0.717) is 28.0 Å². The van der Waals surface area contributed by atoms with Crippen LogP contribution in [0.15, 0.2) is 93.0 Å². The average molecular weight is 494 g/mol. The summed E-state index contributed by atoms with van der Waals surface area (Å²) in [6.07, 6.45) is 0. The highest BCUT2D eigenvalue weighted by Crippen LogP contribution is 2.25. The van der Waals surface area contributed by atoms with Crippen molar-refractivity contribution in [2.45, 2.75) is 18.4 Å². The maximum Gasteiger partial charge on any atom is 0.338 e. The highest BCUT2D eigenvalue weighted by Gasteiger charge is 2.24. The molecule has 0 aliphatic heterocycles. The fraction of sp³-hybridized carbons (Fsp3) is 0.154. The number of hydrogen-bond acceptors (Lipinski definition) is 7. The zero-order valence-electron chi connectivity index (χ0n) is 19.1. The summed E-state index contributed by atoms with van der Waals surface area (Å²) in [6, 6.07) is 20.6. The molecule has 0 radical (unpaired) electrons. The number of fused-ring (bicyclic) bond motifs is 1. The van der Waals surface area contributed by atoms with Gasteiger partial charge in [-0.05, 0) is 55.5 Å². The van der Waals surface area contributed by atoms with Crippen LogP contribution in [0.1, 0.15) is 22.8 Å². The first-order valence-electron chi connectivity index (χ1n) is 10.8. The number of carbonyl (C=O) groups is 1. The lowest BCUT2D eigenvalue weighted by atomic mass is 10.1. The largest absolute Gasteiger partial charge is 0.497 e. The molecule has 1 heterocycles. The van der Waals surface area contributed by atoms with Crippen LogP contribution in [0.3, 0.4) is 0 Å². The number of nitrogens with zero attached hydrogens (tertiary/aromatic N) is 1. The third-order valence-electron chi connectivity index (χ3n) is 5.41. The molecular formula is C26H23NO7S. The Bertz CT molecular complexity index is 1510. The van der Waals surface area contributed by atoms with Crippen molar-refractivity contribution >= 4 is 32.6 Å². The third-order valence-corrected chi connectivity index (χ3v) is 7.32. The quantitative estimate of drug-likeness (QED) is 0.265. The summed E-state index contributed by atoms with van der Waals surface area (Å²) in [5.74, 6) is -0.127. The number of carbonyl (C=O) groups excluding carboxylic acids is 1. The molecule has 4 rings (SSSR count). The van der Waals surface area contributed by atoms with E-state index in [9.17, 15) is 18.0 Å². The molecule has 180 valence electrons. The second-order valence-corrected chi connectivity index (χ2v) is 9.42. The molecule has 0 spiro atoms. The van der Waals surface area contributed by atoms with Crippen molar-refractivity contribution in [3.8, 4) is 5.75 Å². The van der Waals surface area contributed by atoms with E-state index >= 15 is 0 Å². The Hall–Kier alpha value is -4.11. The van der Waals surface area contributed by atoms with E-state index in [0.717, 1.165) is 0 Å². The average Bonchev–Trinajstić information content (AvgIpc) is 2.87. The number of esters is 1. The van der Waals surface area contributed by atoms with Gasteiger partial charge in [-0.3, -0.25) is 4.31 Å². The van der Waals surface area contributed by atoms with E-state index in [2.05, 4.69) is 0 Å². The first kappa shape index (κ1) is 24.0. The van der Waals surface area contributed by atoms with Crippen LogP contribution in [0, 0.1) is 0 Å². The molecule has 3 aromatic carbocycles. The third kappa shape index (κ3) is 5.04. The number of benzene rings is 3. The van der Waals surface area contributed by atoms with Gasteiger partial charge in [0.2, 0.25) is 0 Å². The number of sulfonamides is 1. The van der Waals surface area contributed by atoms with Crippen LogP contribution < -0.4 is 14.7 Å². The molecule has 35 heavy (non-hydrogen) atoms. The van der Waals surface area contributed by atoms with Gasteiger partial charge in [-0.25, -0.2) is 18.0 Å². The lowest BCUT2D eigenvalue weighted by molar-refractivity contribution is 0.0473. The molecule has 9 heteroatoms. The zero-order chi connectivity index (χ0) is 25.0. The van der Waals surface area contributed by atoms with E-state index in [4.69, 9.17) is 13.9 Å². The number of ether oxygens (including phenoxy) is 2. The Balaban J connectivity index is 1.52. The maximum absolute atomic E-state index is 13.1. The summed E-state index contributed by atoms with van der Waals surface area (Å²) in [5, 5.41) is 0.611. The molecular weight excluding hydrogens is 470 g/mol. The van der Waals surface area contributed by atoms with Gasteiger partial charge < -0.3 is 13.9 Å². The van der Waals surface area contributed by atoms with Crippen LogP contribution in [-0.4, -0.2) is 28.0 Å². The van der Waals surface area contributed by atoms with Crippen LogP contribution in [0.5, 0.6) is 5.75 Å². The molecule has 0 bridgehead atoms. The highest BCUT2D eigenvalue weighted by molar-refractivity contribution is 7.92. The maximum atomic E-state index is 13.1. The molecule has 0 aliphatic rings. The first-order chi connectivity index (χ1) is 16.8. The molecule has 0 saturated carbocycles. The predicted octanol–water partition coefficient (Wildman–Crippen LogP) is 4.37. The minimum atomic E-state index is -3.81. The van der Waals surface area contributed by atoms with Crippen molar-refractivity contribution in [2.24, 2.45) is 0 Å². The van der Waals surface area contributed by atoms with Crippen molar-refractivity contribution < 1.29 is 27.1 Å². The normalized spacial score (nSPS) is 11.3. The molecule has 0 fully saturated rings. The van der Waals surface area contributed by atoms with Crippen molar-refractivity contribution in [3.05, 3.63) is 100 Å². The van der Waals surface area contributed by atoms with Crippen LogP contribution >= 0.6 is 0 Å². The summed E-state index contributed by atoms with van der Waals surface area (Å²) < 4.78 is 43.3. The molecule has 0 amide bonds. The molecule has 1 aromatic heterocycles. The summed E-state index contributed by atoms with van der Waals surface area (Å²) in [6.45, 7) is 1.84. The molecule has 4 aromatic rings. The predicted molar refractivity (Wildman–Crippen MR) is 131 cm³/mol. The Kier molecular flexibility index (Phi) is 6.88. The van der Waals surface area contributed by atoms with Crippen molar-refractivity contribution in [1.29, 1.82) is 0 Å². The van der Waals surface area contributed by atoms with Crippen molar-refractivity contribution in [3.63, 3.8) is 0 Å². The monoisotopic (exact) mass is 493 g/mol. The topological polar surface area (TPSA) is 103 Å². The van der Waals surface area contributed by atoms with Gasteiger partial charge in [-0.1, -0.05) is 18.2 Å². The van der Waals surface area contributed by atoms with E-state index in [1.165, 1.54) is 41.7 Å². The van der Waals surface area contributed by atoms with Gasteiger partial charge in [0.05, 0.1) is 23.3 Å². The fourth-order valence-electron chi connectivity index (χ4n) is 3.66. The lowest BCUT2D eigenvalue weighted by Gasteiger charge is -2.22. The highest BCUT2D eigenvalue weighted by atomic mass is 32.2. The first-order valence-corrected chi connectivity index (χ1v) is 12.2. The fourth-order valence-corrected chi connectivity index (χ4v) is 5.13. The molecule has 0 aliphatic carbocycles. The lowest BCUT2D eigenvalue weighted by Crippen LogP contribution is -2.30. The Morgan fingerprint density at radius 2 is 1.69 bits per heavy atom. The Labute approximate surface area is 202 Å². The van der Waals surface area contributed by atoms with E-state index in [1.54, 1.807) is 49.4 Å². The molecule has 0 saturated heterocycles. The number of rotatable bonds is 8. The minimum absolute atomic E-state index is 0.0559. The van der Waals surface area contributed by atoms with Gasteiger partial charge >= 0.3 is 11.6 Å². The standard InChI is InChI=1S/C26H23NO7S/c1-3-27(20-7-5-4-6-8-20)35(30,31)22-12-9-18(10-13-22)26(29)33-17-19-15-25(28)34-24-16-21(32-2)11-14-23(19)24/h4-16H,3,17H2,1-2H3. The summed E-state index contributed by atoms with van der Waals surface area (Å²) in [5.41, 5.74) is 0.950. The Morgan fingerprint density at radius 3 is 2.34 bits per heavy atom. The summed E-state index contributed by atoms with van der Waals surface area (Å²) >= 11 is 0. The van der Waals surface area contributed by atoms with Crippen LogP contribution in [0.2, 0.25) is 0 Å². The molecule has 0 unspecified atom stereocenters. The summed E-state index contributed by atoms with van der Waals surface area (Å²) in [7, 11) is -2.31. The zero-order valence-corrected chi connectivity index (χ0v) is 19.9. The minimum Gasteiger partial charge on any atom is -0.497 e. The van der Waals surface area contributed by atoms with Crippen LogP contribution in [-0.2, 0) is 21.4 Å². The van der Waals surface area contributed by atoms with Gasteiger partial charge in [0.1, 0.15) is 17.9 Å². The van der Waals surface area contributed by atoms with Gasteiger partial charge in [0.25, 0.3) is 10.0 Å². The number of hydrogen-bond donors (Lipinski definition) is 0. The van der Waals surface area contributed by atoms with Gasteiger partial charge in [0, 0.05) is 29.6 Å². The van der Waals surface area contributed by atoms with Gasteiger partial charge in [0.15, 0.2) is 0 Å². The molecule has 0 atom stereocenters. The van der Waals surface area contributed by atoms with Crippen molar-refractivity contribution in [1.82, 2.24) is 0 Å². The van der Waals surface area contributed by atoms with Gasteiger partial charge in [-0.15, -0.1) is 0 Å². The molecule has 8 nitrogen and oxygen atoms in total. The summed E-state index contributed by atoms with van der Waals surface area (Å²) in [4.78, 5) is 24.6. The van der Waals surface area contributed by atoms with E-state index in [-0.39, 0.29) is 23.6 Å². The smallest absolute Gasteiger partial charge is 0.338 e. The van der Waals surface area contributed by atoms with Crippen molar-refractivity contribution in [2.75, 3.05) is 18.0 Å². The van der Waals surface area contributed by atoms with Crippen LogP contribution in [0.25, 0.3) is 11.0 Å². The Morgan fingerprint density at radius 1 is 0.971 bits per heavy atom. The number of anilines is 1. The van der Waals surface area contributed by atoms with Crippen LogP contribution in [0.4, 0.5) is 5.69 Å². The second kappa shape index (κ2) is 10.0. The molecule has 0 N–H and O–H groups in total. The van der Waals surface area contributed by atoms with Gasteiger partial charge in [-0.2, -0.15) is 0 Å². The van der Waals surface area contributed by atoms with E-state index in [1.807, 2.05) is 6.07 Å². The van der Waals surface area contributed by atoms with E-state index < -0.39 is 21.6 Å². The SMILES string of the molecule is CCN(c1ccccc1)S(=O)(=O)c1ccc(C(=O)OCc2cc(=O)oc3cc(OC)ccc23)cc1. The second-order valence-electron chi connectivity index (χ2n) is 7.56. The number of para-hydroxylation sites is 1.